The fourth-order valence-corrected chi connectivity index (χ4v) is 7.59. The largest absolute Gasteiger partial charge is 0.508 e. The standard InChI is InChI=1S/C36H42F3N5O3/c1-3-23-12-22(4-11-31(23)37)13-28(45)9-10-29-32(38)14-30-34(33(29)39)41-36(42-35(30)43-16-24-5-6-25(17-43)40-24)47-18-21(2)15-44-26-7-8-27(44)20-46-19-26/h4,9-14,21,24-27,40,45H,3,5-8,15-20H2,1-2H3/b10-9+,28-13+/t21-,24?,25?,26?,27?/m1/s1. The third-order valence-corrected chi connectivity index (χ3v) is 9.99. The molecule has 4 fully saturated rings. The van der Waals surface area contributed by atoms with Gasteiger partial charge in [-0.15, -0.1) is 0 Å². The zero-order valence-corrected chi connectivity index (χ0v) is 26.9. The van der Waals surface area contributed by atoms with E-state index in [9.17, 15) is 9.50 Å². The van der Waals surface area contributed by atoms with Gasteiger partial charge >= 0.3 is 6.01 Å². The topological polar surface area (TPSA) is 83.0 Å². The minimum absolute atomic E-state index is 0.0367. The number of nitrogens with one attached hydrogen (secondary N) is 1. The van der Waals surface area contributed by atoms with Crippen molar-refractivity contribution in [2.75, 3.05) is 44.4 Å². The zero-order valence-electron chi connectivity index (χ0n) is 26.9. The number of hydrogen-bond donors (Lipinski definition) is 2. The highest BCUT2D eigenvalue weighted by Gasteiger charge is 2.38. The smallest absolute Gasteiger partial charge is 0.319 e. The van der Waals surface area contributed by atoms with Crippen LogP contribution in [0.1, 0.15) is 56.2 Å². The summed E-state index contributed by atoms with van der Waals surface area (Å²) in [7, 11) is 0. The first-order chi connectivity index (χ1) is 22.7. The molecule has 3 aromatic rings. The fourth-order valence-electron chi connectivity index (χ4n) is 7.59. The number of anilines is 1. The van der Waals surface area contributed by atoms with Crippen LogP contribution in [0.15, 0.2) is 36.1 Å². The van der Waals surface area contributed by atoms with Crippen molar-refractivity contribution < 1.29 is 27.8 Å². The van der Waals surface area contributed by atoms with E-state index in [1.54, 1.807) is 6.07 Å². The normalized spacial score (nSPS) is 25.3. The number of piperazine rings is 1. The van der Waals surface area contributed by atoms with Crippen molar-refractivity contribution in [2.45, 2.75) is 70.1 Å². The Morgan fingerprint density at radius 1 is 1.06 bits per heavy atom. The number of hydrogen-bond acceptors (Lipinski definition) is 8. The lowest BCUT2D eigenvalue weighted by atomic mass is 10.1. The number of aliphatic hydroxyl groups is 1. The lowest BCUT2D eigenvalue weighted by molar-refractivity contribution is -0.0229. The van der Waals surface area contributed by atoms with Crippen LogP contribution in [0.25, 0.3) is 23.1 Å². The number of aromatic nitrogens is 2. The van der Waals surface area contributed by atoms with Crippen molar-refractivity contribution in [2.24, 2.45) is 5.92 Å². The number of benzene rings is 2. The number of fused-ring (bicyclic) bond motifs is 5. The van der Waals surface area contributed by atoms with Crippen molar-refractivity contribution in [1.82, 2.24) is 20.2 Å². The van der Waals surface area contributed by atoms with E-state index < -0.39 is 11.6 Å². The van der Waals surface area contributed by atoms with Crippen LogP contribution in [0.4, 0.5) is 19.0 Å². The van der Waals surface area contributed by atoms with E-state index in [1.165, 1.54) is 36.4 Å². The van der Waals surface area contributed by atoms with Gasteiger partial charge in [-0.3, -0.25) is 4.90 Å². The van der Waals surface area contributed by atoms with Gasteiger partial charge in [0.2, 0.25) is 0 Å². The Labute approximate surface area is 273 Å². The average Bonchev–Trinajstić information content (AvgIpc) is 3.49. The van der Waals surface area contributed by atoms with Gasteiger partial charge in [0, 0.05) is 60.7 Å². The first-order valence-electron chi connectivity index (χ1n) is 16.8. The summed E-state index contributed by atoms with van der Waals surface area (Å²) in [5, 5.41) is 14.4. The molecule has 11 heteroatoms. The SMILES string of the molecule is CCc1cc(/C=C(O)\C=C\c2c(F)cc3c(N4CC5CCC(C4)N5)nc(OC[C@H](C)CN4C5CCC4COC5)nc3c2F)ccc1F. The second kappa shape index (κ2) is 13.4. The van der Waals surface area contributed by atoms with Gasteiger partial charge in [0.15, 0.2) is 5.82 Å². The summed E-state index contributed by atoms with van der Waals surface area (Å²) in [6.45, 7) is 8.05. The third-order valence-electron chi connectivity index (χ3n) is 9.99. The Balaban J connectivity index is 1.17. The third kappa shape index (κ3) is 6.71. The highest BCUT2D eigenvalue weighted by molar-refractivity contribution is 5.92. The quantitative estimate of drug-likeness (QED) is 0.203. The molecule has 4 saturated heterocycles. The summed E-state index contributed by atoms with van der Waals surface area (Å²) in [4.78, 5) is 13.8. The van der Waals surface area contributed by atoms with Crippen LogP contribution < -0.4 is 15.0 Å². The van der Waals surface area contributed by atoms with Crippen molar-refractivity contribution in [1.29, 1.82) is 0 Å². The highest BCUT2D eigenvalue weighted by Crippen LogP contribution is 2.35. The minimum Gasteiger partial charge on any atom is -0.508 e. The van der Waals surface area contributed by atoms with Crippen LogP contribution in [0, 0.1) is 23.4 Å². The summed E-state index contributed by atoms with van der Waals surface area (Å²) in [6.07, 6.45) is 8.70. The van der Waals surface area contributed by atoms with Crippen LogP contribution in [0.3, 0.4) is 0 Å². The van der Waals surface area contributed by atoms with Gasteiger partial charge in [-0.1, -0.05) is 19.9 Å². The first-order valence-corrected chi connectivity index (χ1v) is 16.8. The van der Waals surface area contributed by atoms with E-state index in [0.29, 0.717) is 55.1 Å². The molecule has 7 rings (SSSR count). The molecule has 4 aliphatic heterocycles. The zero-order chi connectivity index (χ0) is 32.7. The molecule has 1 aromatic heterocycles. The Bertz CT molecular complexity index is 1670. The monoisotopic (exact) mass is 649 g/mol. The predicted molar refractivity (Wildman–Crippen MR) is 176 cm³/mol. The lowest BCUT2D eigenvalue weighted by Gasteiger charge is -2.36. The van der Waals surface area contributed by atoms with Crippen LogP contribution >= 0.6 is 0 Å². The predicted octanol–water partition coefficient (Wildman–Crippen LogP) is 6.04. The Morgan fingerprint density at radius 3 is 2.53 bits per heavy atom. The molecule has 5 atom stereocenters. The van der Waals surface area contributed by atoms with Gasteiger partial charge in [0.1, 0.15) is 28.7 Å². The van der Waals surface area contributed by atoms with Crippen molar-refractivity contribution >= 4 is 28.9 Å². The number of rotatable bonds is 10. The molecule has 5 heterocycles. The number of ether oxygens (including phenoxy) is 2. The summed E-state index contributed by atoms with van der Waals surface area (Å²) >= 11 is 0. The van der Waals surface area contributed by atoms with Crippen LogP contribution in [0.5, 0.6) is 6.01 Å². The molecule has 0 spiro atoms. The van der Waals surface area contributed by atoms with Crippen molar-refractivity contribution in [3.05, 3.63) is 70.2 Å². The number of aliphatic hydroxyl groups excluding tert-OH is 1. The molecule has 47 heavy (non-hydrogen) atoms. The second-order valence-electron chi connectivity index (χ2n) is 13.5. The molecule has 4 bridgehead atoms. The minimum atomic E-state index is -0.858. The average molecular weight is 650 g/mol. The second-order valence-corrected chi connectivity index (χ2v) is 13.5. The van der Waals surface area contributed by atoms with Gasteiger partial charge in [0.05, 0.1) is 19.8 Å². The van der Waals surface area contributed by atoms with Crippen LogP contribution in [-0.4, -0.2) is 83.6 Å². The molecule has 0 radical (unpaired) electrons. The van der Waals surface area contributed by atoms with Gasteiger partial charge in [-0.2, -0.15) is 9.97 Å². The molecular formula is C36H42F3N5O3. The summed E-state index contributed by atoms with van der Waals surface area (Å²) in [6, 6.07) is 7.27. The van der Waals surface area contributed by atoms with E-state index in [2.05, 4.69) is 27.0 Å². The number of nitrogens with zero attached hydrogens (tertiary/aromatic N) is 4. The lowest BCUT2D eigenvalue weighted by Crippen LogP contribution is -2.51. The molecule has 2 aromatic carbocycles. The summed E-state index contributed by atoms with van der Waals surface area (Å²) < 4.78 is 57.6. The molecule has 8 nitrogen and oxygen atoms in total. The van der Waals surface area contributed by atoms with Crippen molar-refractivity contribution in [3.63, 3.8) is 0 Å². The van der Waals surface area contributed by atoms with Crippen molar-refractivity contribution in [3.8, 4) is 6.01 Å². The van der Waals surface area contributed by atoms with E-state index >= 15 is 8.78 Å². The maximum Gasteiger partial charge on any atom is 0.319 e. The Hall–Kier alpha value is -3.67. The molecule has 0 saturated carbocycles. The van der Waals surface area contributed by atoms with E-state index in [1.807, 2.05) is 6.92 Å². The number of halogens is 3. The van der Waals surface area contributed by atoms with Crippen LogP contribution in [0.2, 0.25) is 0 Å². The molecule has 4 aliphatic rings. The number of allylic oxidation sites excluding steroid dienone is 1. The molecular weight excluding hydrogens is 607 g/mol. The molecule has 250 valence electrons. The molecule has 4 unspecified atom stereocenters. The maximum atomic E-state index is 16.2. The van der Waals surface area contributed by atoms with Gasteiger partial charge in [-0.25, -0.2) is 13.2 Å². The summed E-state index contributed by atoms with van der Waals surface area (Å²) in [5.41, 5.74) is 0.712. The number of morpholine rings is 1. The molecule has 0 aliphatic carbocycles. The van der Waals surface area contributed by atoms with E-state index in [-0.39, 0.29) is 52.1 Å². The van der Waals surface area contributed by atoms with Gasteiger partial charge in [-0.05, 0) is 79.7 Å². The maximum absolute atomic E-state index is 16.2. The molecule has 0 amide bonds. The molecule has 2 N–H and O–H groups in total. The number of aryl methyl sites for hydroxylation is 1. The Kier molecular flexibility index (Phi) is 9.13. The van der Waals surface area contributed by atoms with E-state index in [4.69, 9.17) is 14.5 Å². The van der Waals surface area contributed by atoms with Gasteiger partial charge in [0.25, 0.3) is 0 Å². The fraction of sp³-hybridized carbons (Fsp3) is 0.500. The van der Waals surface area contributed by atoms with Gasteiger partial charge < -0.3 is 24.8 Å². The van der Waals surface area contributed by atoms with Crippen LogP contribution in [-0.2, 0) is 11.2 Å². The Morgan fingerprint density at radius 2 is 1.81 bits per heavy atom. The summed E-state index contributed by atoms with van der Waals surface area (Å²) in [5.74, 6) is -1.57. The highest BCUT2D eigenvalue weighted by atomic mass is 19.1. The van der Waals surface area contributed by atoms with E-state index in [0.717, 1.165) is 45.4 Å². The first kappa shape index (κ1) is 31.9.